The van der Waals surface area contributed by atoms with Crippen LogP contribution >= 0.6 is 11.8 Å². The van der Waals surface area contributed by atoms with E-state index in [-0.39, 0.29) is 0 Å². The molecule has 154 valence electrons. The maximum atomic E-state index is 9.04. The number of imidazole rings is 1. The number of ether oxygens (including phenoxy) is 2. The van der Waals surface area contributed by atoms with E-state index >= 15 is 0 Å². The SMILES string of the molecule is COc1ccc(OC)c(Sc2nc3c(N)ncnc3n2Cc2ccc(NO)cc2)c1. The van der Waals surface area contributed by atoms with Crippen LogP contribution in [0.15, 0.2) is 58.8 Å². The maximum absolute atomic E-state index is 9.04. The number of aromatic nitrogens is 4. The largest absolute Gasteiger partial charge is 0.497 e. The van der Waals surface area contributed by atoms with Gasteiger partial charge in [0.25, 0.3) is 0 Å². The van der Waals surface area contributed by atoms with E-state index in [1.54, 1.807) is 26.4 Å². The number of benzene rings is 2. The van der Waals surface area contributed by atoms with E-state index in [1.165, 1.54) is 18.1 Å². The van der Waals surface area contributed by atoms with Gasteiger partial charge in [-0.25, -0.2) is 15.0 Å². The summed E-state index contributed by atoms with van der Waals surface area (Å²) in [5, 5.41) is 9.72. The number of hydrogen-bond donors (Lipinski definition) is 3. The van der Waals surface area contributed by atoms with Gasteiger partial charge in [0.2, 0.25) is 0 Å². The lowest BCUT2D eigenvalue weighted by Crippen LogP contribution is -2.03. The van der Waals surface area contributed by atoms with Crippen molar-refractivity contribution in [2.45, 2.75) is 16.6 Å². The molecule has 0 fully saturated rings. The second-order valence-corrected chi connectivity index (χ2v) is 7.35. The van der Waals surface area contributed by atoms with Crippen LogP contribution in [0.3, 0.4) is 0 Å². The van der Waals surface area contributed by atoms with Crippen LogP contribution in [0.5, 0.6) is 11.5 Å². The van der Waals surface area contributed by atoms with Crippen molar-refractivity contribution in [2.75, 3.05) is 25.4 Å². The summed E-state index contributed by atoms with van der Waals surface area (Å²) in [4.78, 5) is 14.0. The molecule has 30 heavy (non-hydrogen) atoms. The third kappa shape index (κ3) is 3.82. The second-order valence-electron chi connectivity index (χ2n) is 6.34. The molecule has 0 atom stereocenters. The van der Waals surface area contributed by atoms with E-state index in [4.69, 9.17) is 25.4 Å². The molecule has 4 N–H and O–H groups in total. The summed E-state index contributed by atoms with van der Waals surface area (Å²) in [5.74, 6) is 1.74. The Bertz CT molecular complexity index is 1180. The van der Waals surface area contributed by atoms with Crippen molar-refractivity contribution in [3.8, 4) is 11.5 Å². The van der Waals surface area contributed by atoms with E-state index in [0.29, 0.717) is 45.9 Å². The number of nitrogens with zero attached hydrogens (tertiary/aromatic N) is 4. The normalized spacial score (nSPS) is 10.9. The molecule has 2 aromatic carbocycles. The molecule has 10 heteroatoms. The first kappa shape index (κ1) is 19.8. The molecule has 4 rings (SSSR count). The fourth-order valence-corrected chi connectivity index (χ4v) is 4.01. The van der Waals surface area contributed by atoms with Crippen LogP contribution in [0.2, 0.25) is 0 Å². The Hall–Kier alpha value is -3.50. The van der Waals surface area contributed by atoms with Crippen LogP contribution in [-0.2, 0) is 6.54 Å². The summed E-state index contributed by atoms with van der Waals surface area (Å²) in [6.07, 6.45) is 1.43. The Morgan fingerprint density at radius 2 is 1.90 bits per heavy atom. The summed E-state index contributed by atoms with van der Waals surface area (Å²) in [6.45, 7) is 0.507. The van der Waals surface area contributed by atoms with Crippen molar-refractivity contribution in [2.24, 2.45) is 0 Å². The van der Waals surface area contributed by atoms with Crippen molar-refractivity contribution < 1.29 is 14.7 Å². The molecule has 2 heterocycles. The number of nitrogen functional groups attached to an aromatic ring is 1. The summed E-state index contributed by atoms with van der Waals surface area (Å²) < 4.78 is 12.8. The highest BCUT2D eigenvalue weighted by Gasteiger charge is 2.18. The van der Waals surface area contributed by atoms with Crippen molar-refractivity contribution >= 4 is 34.4 Å². The number of methoxy groups -OCH3 is 2. The van der Waals surface area contributed by atoms with Gasteiger partial charge in [0.15, 0.2) is 22.1 Å². The summed E-state index contributed by atoms with van der Waals surface area (Å²) in [6, 6.07) is 13.0. The molecule has 2 aromatic heterocycles. The monoisotopic (exact) mass is 424 g/mol. The van der Waals surface area contributed by atoms with Crippen molar-refractivity contribution in [3.05, 3.63) is 54.4 Å². The van der Waals surface area contributed by atoms with Crippen LogP contribution in [-0.4, -0.2) is 38.9 Å². The van der Waals surface area contributed by atoms with Crippen LogP contribution in [0.4, 0.5) is 11.5 Å². The van der Waals surface area contributed by atoms with E-state index in [0.717, 1.165) is 10.5 Å². The van der Waals surface area contributed by atoms with Gasteiger partial charge in [0, 0.05) is 0 Å². The first-order valence-corrected chi connectivity index (χ1v) is 9.80. The number of rotatable bonds is 7. The van der Waals surface area contributed by atoms with Crippen LogP contribution in [0, 0.1) is 0 Å². The first-order chi connectivity index (χ1) is 14.6. The van der Waals surface area contributed by atoms with Crippen LogP contribution in [0.1, 0.15) is 5.56 Å². The molecule has 0 aliphatic rings. The lowest BCUT2D eigenvalue weighted by atomic mass is 10.2. The maximum Gasteiger partial charge on any atom is 0.175 e. The zero-order valence-electron chi connectivity index (χ0n) is 16.4. The van der Waals surface area contributed by atoms with E-state index in [1.807, 2.05) is 34.9 Å². The number of nitrogens with one attached hydrogen (secondary N) is 1. The van der Waals surface area contributed by atoms with Gasteiger partial charge in [-0.15, -0.1) is 0 Å². The topological polar surface area (TPSA) is 120 Å². The molecule has 0 amide bonds. The quantitative estimate of drug-likeness (QED) is 0.383. The Morgan fingerprint density at radius 3 is 2.60 bits per heavy atom. The second kappa shape index (κ2) is 8.47. The molecule has 0 saturated carbocycles. The predicted molar refractivity (Wildman–Crippen MR) is 114 cm³/mol. The van der Waals surface area contributed by atoms with Gasteiger partial charge < -0.3 is 15.2 Å². The third-order valence-electron chi connectivity index (χ3n) is 4.52. The van der Waals surface area contributed by atoms with Gasteiger partial charge in [-0.2, -0.15) is 0 Å². The smallest absolute Gasteiger partial charge is 0.175 e. The minimum absolute atomic E-state index is 0.318. The molecule has 0 spiro atoms. The Morgan fingerprint density at radius 1 is 1.10 bits per heavy atom. The Balaban J connectivity index is 1.79. The highest BCUT2D eigenvalue weighted by molar-refractivity contribution is 7.99. The lowest BCUT2D eigenvalue weighted by Gasteiger charge is -2.12. The molecule has 0 aliphatic heterocycles. The zero-order valence-corrected chi connectivity index (χ0v) is 17.2. The molecular weight excluding hydrogens is 404 g/mol. The van der Waals surface area contributed by atoms with Crippen molar-refractivity contribution in [1.82, 2.24) is 19.5 Å². The Labute approximate surface area is 176 Å². The fraction of sp³-hybridized carbons (Fsp3) is 0.150. The minimum Gasteiger partial charge on any atom is -0.497 e. The van der Waals surface area contributed by atoms with E-state index < -0.39 is 0 Å². The number of nitrogens with two attached hydrogens (primary N) is 1. The number of hydrogen-bond acceptors (Lipinski definition) is 9. The molecule has 0 unspecified atom stereocenters. The van der Waals surface area contributed by atoms with Gasteiger partial charge >= 0.3 is 0 Å². The summed E-state index contributed by atoms with van der Waals surface area (Å²) in [5.41, 5.74) is 11.0. The van der Waals surface area contributed by atoms with Gasteiger partial charge in [-0.1, -0.05) is 12.1 Å². The molecule has 4 aromatic rings. The fourth-order valence-electron chi connectivity index (χ4n) is 2.98. The highest BCUT2D eigenvalue weighted by Crippen LogP contribution is 2.38. The minimum atomic E-state index is 0.318. The van der Waals surface area contributed by atoms with Crippen molar-refractivity contribution in [3.63, 3.8) is 0 Å². The van der Waals surface area contributed by atoms with Crippen molar-refractivity contribution in [1.29, 1.82) is 0 Å². The number of fused-ring (bicyclic) bond motifs is 1. The zero-order chi connectivity index (χ0) is 21.1. The molecule has 0 aliphatic carbocycles. The van der Waals surface area contributed by atoms with Gasteiger partial charge in [-0.3, -0.25) is 15.3 Å². The number of anilines is 2. The van der Waals surface area contributed by atoms with Gasteiger partial charge in [0.1, 0.15) is 17.8 Å². The van der Waals surface area contributed by atoms with Crippen LogP contribution < -0.4 is 20.7 Å². The highest BCUT2D eigenvalue weighted by atomic mass is 32.2. The molecule has 0 radical (unpaired) electrons. The lowest BCUT2D eigenvalue weighted by molar-refractivity contribution is 0.389. The average molecular weight is 424 g/mol. The predicted octanol–water partition coefficient (Wildman–Crippen LogP) is 3.43. The molecular formula is C20H20N6O3S. The molecule has 0 bridgehead atoms. The summed E-state index contributed by atoms with van der Waals surface area (Å²) in [7, 11) is 3.24. The third-order valence-corrected chi connectivity index (χ3v) is 5.55. The molecule has 0 saturated heterocycles. The van der Waals surface area contributed by atoms with E-state index in [2.05, 4.69) is 15.4 Å². The Kier molecular flexibility index (Phi) is 5.59. The summed E-state index contributed by atoms with van der Waals surface area (Å²) >= 11 is 1.43. The van der Waals surface area contributed by atoms with E-state index in [9.17, 15) is 0 Å². The van der Waals surface area contributed by atoms with Crippen LogP contribution in [0.25, 0.3) is 11.2 Å². The standard InChI is InChI=1S/C20H20N6O3S/c1-28-14-7-8-15(29-2)16(9-14)30-20-24-17-18(21)22-11-23-19(17)26(20)10-12-3-5-13(25-27)6-4-12/h3-9,11,25,27H,10H2,1-2H3,(H2,21,22,23). The molecule has 9 nitrogen and oxygen atoms in total. The van der Waals surface area contributed by atoms with Gasteiger partial charge in [0.05, 0.1) is 31.3 Å². The van der Waals surface area contributed by atoms with Gasteiger partial charge in [-0.05, 0) is 47.7 Å². The first-order valence-electron chi connectivity index (χ1n) is 8.98. The average Bonchev–Trinajstić information content (AvgIpc) is 3.12.